The first kappa shape index (κ1) is 27.9. The Labute approximate surface area is 241 Å². The second kappa shape index (κ2) is 12.3. The number of rotatable bonds is 9. The van der Waals surface area contributed by atoms with Crippen LogP contribution in [0.15, 0.2) is 93.9 Å². The zero-order chi connectivity index (χ0) is 28.9. The summed E-state index contributed by atoms with van der Waals surface area (Å²) < 4.78 is 24.2. The van der Waals surface area contributed by atoms with Crippen molar-refractivity contribution in [2.75, 3.05) is 20.8 Å². The molecule has 41 heavy (non-hydrogen) atoms. The van der Waals surface area contributed by atoms with Crippen LogP contribution in [0.1, 0.15) is 36.6 Å². The second-order valence-electron chi connectivity index (χ2n) is 9.26. The largest absolute Gasteiger partial charge is 0.493 e. The molecule has 0 bridgehead atoms. The van der Waals surface area contributed by atoms with E-state index in [-0.39, 0.29) is 12.2 Å². The van der Waals surface area contributed by atoms with Crippen LogP contribution in [0.3, 0.4) is 0 Å². The van der Waals surface area contributed by atoms with E-state index < -0.39 is 12.0 Å². The Bertz CT molecular complexity index is 1770. The number of aromatic nitrogens is 1. The zero-order valence-electron chi connectivity index (χ0n) is 23.2. The molecule has 1 aliphatic heterocycles. The molecular weight excluding hydrogens is 540 g/mol. The number of carbonyl (C=O) groups is 1. The van der Waals surface area contributed by atoms with Crippen LogP contribution in [-0.2, 0) is 16.1 Å². The molecule has 0 saturated carbocycles. The number of esters is 1. The minimum Gasteiger partial charge on any atom is -0.493 e. The highest BCUT2D eigenvalue weighted by molar-refractivity contribution is 7.07. The maximum Gasteiger partial charge on any atom is 0.338 e. The van der Waals surface area contributed by atoms with Gasteiger partial charge < -0.3 is 18.9 Å². The van der Waals surface area contributed by atoms with Gasteiger partial charge in [-0.15, -0.1) is 0 Å². The topological polar surface area (TPSA) is 88.4 Å². The molecule has 0 amide bonds. The van der Waals surface area contributed by atoms with Gasteiger partial charge in [-0.2, -0.15) is 0 Å². The number of ether oxygens (including phenoxy) is 4. The molecule has 3 aromatic carbocycles. The Morgan fingerprint density at radius 2 is 1.73 bits per heavy atom. The predicted molar refractivity (Wildman–Crippen MR) is 157 cm³/mol. The summed E-state index contributed by atoms with van der Waals surface area (Å²) >= 11 is 1.27. The van der Waals surface area contributed by atoms with Gasteiger partial charge in [0.2, 0.25) is 0 Å². The highest BCUT2D eigenvalue weighted by Gasteiger charge is 2.33. The van der Waals surface area contributed by atoms with E-state index in [4.69, 9.17) is 18.9 Å². The van der Waals surface area contributed by atoms with Gasteiger partial charge in [0, 0.05) is 0 Å². The average molecular weight is 571 g/mol. The maximum absolute atomic E-state index is 13.9. The summed E-state index contributed by atoms with van der Waals surface area (Å²) in [4.78, 5) is 32.1. The van der Waals surface area contributed by atoms with Gasteiger partial charge in [-0.05, 0) is 60.9 Å². The molecule has 1 unspecified atom stereocenters. The highest BCUT2D eigenvalue weighted by Crippen LogP contribution is 2.36. The molecule has 0 spiro atoms. The molecule has 9 heteroatoms. The van der Waals surface area contributed by atoms with Crippen molar-refractivity contribution in [2.45, 2.75) is 26.5 Å². The van der Waals surface area contributed by atoms with E-state index in [9.17, 15) is 9.59 Å². The number of hydrogen-bond acceptors (Lipinski definition) is 8. The highest BCUT2D eigenvalue weighted by atomic mass is 32.1. The first-order chi connectivity index (χ1) is 19.9. The second-order valence-corrected chi connectivity index (χ2v) is 10.3. The van der Waals surface area contributed by atoms with Crippen LogP contribution in [0.25, 0.3) is 6.08 Å². The Balaban J connectivity index is 1.54. The monoisotopic (exact) mass is 570 g/mol. The number of benzene rings is 3. The minimum absolute atomic E-state index is 0.198. The van der Waals surface area contributed by atoms with Crippen molar-refractivity contribution in [1.29, 1.82) is 0 Å². The Morgan fingerprint density at radius 3 is 2.41 bits per heavy atom. The van der Waals surface area contributed by atoms with Crippen molar-refractivity contribution >= 4 is 23.4 Å². The van der Waals surface area contributed by atoms with Gasteiger partial charge in [-0.25, -0.2) is 9.79 Å². The molecule has 1 atom stereocenters. The van der Waals surface area contributed by atoms with Gasteiger partial charge in [0.15, 0.2) is 16.3 Å². The van der Waals surface area contributed by atoms with Gasteiger partial charge in [0.05, 0.1) is 42.7 Å². The smallest absolute Gasteiger partial charge is 0.338 e. The van der Waals surface area contributed by atoms with E-state index in [1.807, 2.05) is 66.7 Å². The van der Waals surface area contributed by atoms with Gasteiger partial charge in [-0.1, -0.05) is 59.9 Å². The molecule has 0 radical (unpaired) electrons. The number of carbonyl (C=O) groups excluding carboxylic acids is 1. The molecule has 210 valence electrons. The minimum atomic E-state index is -0.749. The third-order valence-corrected chi connectivity index (χ3v) is 7.65. The van der Waals surface area contributed by atoms with Gasteiger partial charge in [0.1, 0.15) is 12.4 Å². The lowest BCUT2D eigenvalue weighted by Crippen LogP contribution is -2.39. The summed E-state index contributed by atoms with van der Waals surface area (Å²) in [6.07, 6.45) is 1.82. The van der Waals surface area contributed by atoms with Crippen molar-refractivity contribution < 1.29 is 23.7 Å². The molecule has 4 aromatic rings. The summed E-state index contributed by atoms with van der Waals surface area (Å²) in [6.45, 7) is 4.17. The molecule has 0 saturated heterocycles. The van der Waals surface area contributed by atoms with E-state index in [2.05, 4.69) is 4.99 Å². The summed E-state index contributed by atoms with van der Waals surface area (Å²) in [5, 5.41) is 0. The lowest BCUT2D eigenvalue weighted by Gasteiger charge is -2.25. The predicted octanol–water partition coefficient (Wildman–Crippen LogP) is 4.39. The van der Waals surface area contributed by atoms with Crippen molar-refractivity contribution in [3.63, 3.8) is 0 Å². The molecule has 1 aliphatic rings. The molecule has 0 fully saturated rings. The number of fused-ring (bicyclic) bond motifs is 1. The van der Waals surface area contributed by atoms with Crippen molar-refractivity contribution in [2.24, 2.45) is 4.99 Å². The number of allylic oxidation sites excluding steroid dienone is 1. The standard InChI is InChI=1S/C32H30N2O6S/c1-5-39-31(36)28-20(2)33-32-34(29(28)23-13-16-25(37-3)26(18-23)38-4)30(35)27(41-32)17-21-11-14-24(15-12-21)40-19-22-9-7-6-8-10-22/h6-18,29H,5,19H2,1-4H3. The number of nitrogens with zero attached hydrogens (tertiary/aromatic N) is 2. The first-order valence-electron chi connectivity index (χ1n) is 13.1. The van der Waals surface area contributed by atoms with E-state index in [1.54, 1.807) is 44.8 Å². The first-order valence-corrected chi connectivity index (χ1v) is 13.9. The quantitative estimate of drug-likeness (QED) is 0.277. The Morgan fingerprint density at radius 1 is 1.00 bits per heavy atom. The Hall–Kier alpha value is -4.63. The van der Waals surface area contributed by atoms with E-state index in [0.717, 1.165) is 16.9 Å². The molecule has 0 N–H and O–H groups in total. The number of methoxy groups -OCH3 is 2. The number of thiazole rings is 1. The third-order valence-electron chi connectivity index (χ3n) is 6.67. The molecule has 0 aliphatic carbocycles. The SMILES string of the molecule is CCOC(=O)C1=C(C)N=c2sc(=Cc3ccc(OCc4ccccc4)cc3)c(=O)n2C1c1ccc(OC)c(OC)c1. The molecule has 1 aromatic heterocycles. The lowest BCUT2D eigenvalue weighted by atomic mass is 9.95. The third kappa shape index (κ3) is 5.81. The van der Waals surface area contributed by atoms with E-state index >= 15 is 0 Å². The van der Waals surface area contributed by atoms with E-state index in [1.165, 1.54) is 11.3 Å². The molecular formula is C32H30N2O6S. The van der Waals surface area contributed by atoms with Crippen LogP contribution < -0.4 is 29.1 Å². The van der Waals surface area contributed by atoms with Gasteiger partial charge in [-0.3, -0.25) is 9.36 Å². The van der Waals surface area contributed by atoms with Crippen LogP contribution in [0.2, 0.25) is 0 Å². The molecule has 5 rings (SSSR count). The Kier molecular flexibility index (Phi) is 8.35. The van der Waals surface area contributed by atoms with Crippen molar-refractivity contribution in [3.8, 4) is 17.2 Å². The fourth-order valence-corrected chi connectivity index (χ4v) is 5.73. The normalized spacial score (nSPS) is 14.7. The fraction of sp³-hybridized carbons (Fsp3) is 0.219. The summed E-state index contributed by atoms with van der Waals surface area (Å²) in [5.41, 5.74) is 3.14. The van der Waals surface area contributed by atoms with Gasteiger partial charge in [0.25, 0.3) is 5.56 Å². The fourth-order valence-electron chi connectivity index (χ4n) is 4.68. The van der Waals surface area contributed by atoms with Gasteiger partial charge >= 0.3 is 5.97 Å². The number of hydrogen-bond donors (Lipinski definition) is 0. The van der Waals surface area contributed by atoms with Crippen molar-refractivity contribution in [3.05, 3.63) is 120 Å². The van der Waals surface area contributed by atoms with Crippen LogP contribution in [0.5, 0.6) is 17.2 Å². The van der Waals surface area contributed by atoms with Crippen LogP contribution in [-0.4, -0.2) is 31.4 Å². The zero-order valence-corrected chi connectivity index (χ0v) is 24.1. The van der Waals surface area contributed by atoms with Crippen LogP contribution in [0.4, 0.5) is 0 Å². The van der Waals surface area contributed by atoms with Crippen LogP contribution in [0, 0.1) is 0 Å². The molecule has 8 nitrogen and oxygen atoms in total. The summed E-state index contributed by atoms with van der Waals surface area (Å²) in [6, 6.07) is 22.1. The lowest BCUT2D eigenvalue weighted by molar-refractivity contribution is -0.139. The van der Waals surface area contributed by atoms with Crippen molar-refractivity contribution in [1.82, 2.24) is 4.57 Å². The molecule has 2 heterocycles. The average Bonchev–Trinajstić information content (AvgIpc) is 3.30. The van der Waals surface area contributed by atoms with Crippen LogP contribution >= 0.6 is 11.3 Å². The summed E-state index contributed by atoms with van der Waals surface area (Å²) in [5.74, 6) is 1.24. The maximum atomic E-state index is 13.9. The van der Waals surface area contributed by atoms with E-state index in [0.29, 0.717) is 44.3 Å². The summed E-state index contributed by atoms with van der Waals surface area (Å²) in [7, 11) is 3.09.